The van der Waals surface area contributed by atoms with Gasteiger partial charge in [0.1, 0.15) is 11.4 Å². The van der Waals surface area contributed by atoms with Crippen LogP contribution in [0.5, 0.6) is 5.75 Å². The van der Waals surface area contributed by atoms with Crippen LogP contribution in [0.1, 0.15) is 72.4 Å². The zero-order chi connectivity index (χ0) is 27.2. The van der Waals surface area contributed by atoms with E-state index >= 15 is 0 Å². The van der Waals surface area contributed by atoms with Gasteiger partial charge in [0, 0.05) is 32.9 Å². The van der Waals surface area contributed by atoms with Crippen molar-refractivity contribution in [3.05, 3.63) is 41.2 Å². The molecule has 0 atom stereocenters. The molecular weight excluding hydrogens is 496 g/mol. The van der Waals surface area contributed by atoms with Crippen molar-refractivity contribution in [1.82, 2.24) is 8.87 Å². The van der Waals surface area contributed by atoms with Gasteiger partial charge in [-0.05, 0) is 61.8 Å². The molecule has 2 amide bonds. The Kier molecular flexibility index (Phi) is 9.74. The van der Waals surface area contributed by atoms with Gasteiger partial charge in [0.2, 0.25) is 10.0 Å². The van der Waals surface area contributed by atoms with E-state index in [9.17, 15) is 23.1 Å². The summed E-state index contributed by atoms with van der Waals surface area (Å²) in [5.41, 5.74) is 6.91. The molecule has 1 aromatic heterocycles. The molecule has 4 N–H and O–H groups in total. The number of sulfonamides is 1. The third kappa shape index (κ3) is 6.52. The van der Waals surface area contributed by atoms with Gasteiger partial charge >= 0.3 is 0 Å². The Balaban J connectivity index is 1.96. The van der Waals surface area contributed by atoms with Crippen molar-refractivity contribution < 1.29 is 27.9 Å². The van der Waals surface area contributed by atoms with Crippen molar-refractivity contribution in [2.45, 2.75) is 57.3 Å². The van der Waals surface area contributed by atoms with Crippen molar-refractivity contribution in [2.75, 3.05) is 31.6 Å². The number of aliphatic hydroxyl groups is 1. The molecule has 0 bridgehead atoms. The maximum Gasteiger partial charge on any atom is 0.267 e. The van der Waals surface area contributed by atoms with E-state index in [4.69, 9.17) is 10.5 Å². The summed E-state index contributed by atoms with van der Waals surface area (Å²) in [5, 5.41) is 12.0. The molecule has 3 rings (SSSR count). The van der Waals surface area contributed by atoms with Crippen LogP contribution >= 0.6 is 0 Å². The van der Waals surface area contributed by atoms with Gasteiger partial charge in [-0.15, -0.1) is 0 Å². The number of aryl methyl sites for hydroxylation is 2. The molecule has 0 radical (unpaired) electrons. The highest BCUT2D eigenvalue weighted by Crippen LogP contribution is 2.31. The van der Waals surface area contributed by atoms with Gasteiger partial charge in [-0.2, -0.15) is 4.31 Å². The van der Waals surface area contributed by atoms with Gasteiger partial charge in [0.25, 0.3) is 11.8 Å². The van der Waals surface area contributed by atoms with E-state index in [-0.39, 0.29) is 28.5 Å². The van der Waals surface area contributed by atoms with Crippen LogP contribution in [0.3, 0.4) is 0 Å². The number of primary amides is 1. The molecule has 1 aromatic carbocycles. The lowest BCUT2D eigenvalue weighted by atomic mass is 9.95. The fourth-order valence-electron chi connectivity index (χ4n) is 4.72. The van der Waals surface area contributed by atoms with Gasteiger partial charge in [-0.1, -0.05) is 20.3 Å². The summed E-state index contributed by atoms with van der Waals surface area (Å²) in [5.74, 6) is -0.710. The summed E-state index contributed by atoms with van der Waals surface area (Å²) in [7, 11) is -2.16. The summed E-state index contributed by atoms with van der Waals surface area (Å²) in [6.45, 7) is 5.07. The summed E-state index contributed by atoms with van der Waals surface area (Å²) >= 11 is 0. The second-order valence-electron chi connectivity index (χ2n) is 9.42. The summed E-state index contributed by atoms with van der Waals surface area (Å²) in [6, 6.07) is 4.29. The quantitative estimate of drug-likeness (QED) is 0.382. The molecule has 0 spiro atoms. The van der Waals surface area contributed by atoms with Crippen molar-refractivity contribution in [2.24, 2.45) is 18.7 Å². The third-order valence-corrected chi connectivity index (χ3v) is 8.55. The lowest BCUT2D eigenvalue weighted by Crippen LogP contribution is -2.38. The van der Waals surface area contributed by atoms with E-state index in [2.05, 4.69) is 5.32 Å². The van der Waals surface area contributed by atoms with Gasteiger partial charge in [-0.25, -0.2) is 8.42 Å². The third-order valence-electron chi connectivity index (χ3n) is 6.66. The number of hydrogen-bond acceptors (Lipinski definition) is 6. The molecule has 0 unspecified atom stereocenters. The monoisotopic (exact) mass is 534 g/mol. The van der Waals surface area contributed by atoms with E-state index < -0.39 is 21.8 Å². The normalized spacial score (nSPS) is 15.0. The van der Waals surface area contributed by atoms with Gasteiger partial charge in [0.15, 0.2) is 0 Å². The Hall–Kier alpha value is -2.89. The van der Waals surface area contributed by atoms with Gasteiger partial charge in [0.05, 0.1) is 22.8 Å². The number of hydrogen-bond donors (Lipinski definition) is 3. The molecule has 1 fully saturated rings. The fourth-order valence-corrected chi connectivity index (χ4v) is 6.22. The van der Waals surface area contributed by atoms with Crippen molar-refractivity contribution in [3.8, 4) is 5.75 Å². The van der Waals surface area contributed by atoms with Gasteiger partial charge in [-0.3, -0.25) is 9.59 Å². The fraction of sp³-hybridized carbons (Fsp3) is 0.538. The molecule has 0 aliphatic carbocycles. The largest absolute Gasteiger partial charge is 0.493 e. The first kappa shape index (κ1) is 28.7. The molecule has 2 aromatic rings. The van der Waals surface area contributed by atoms with Crippen LogP contribution in [-0.2, 0) is 23.5 Å². The molecule has 1 saturated heterocycles. The highest BCUT2D eigenvalue weighted by atomic mass is 32.2. The average molecular weight is 535 g/mol. The molecular formula is C26H38N4O6S. The predicted molar refractivity (Wildman–Crippen MR) is 141 cm³/mol. The number of nitrogens with two attached hydrogens (primary N) is 1. The Labute approximate surface area is 218 Å². The minimum Gasteiger partial charge on any atom is -0.493 e. The number of aromatic nitrogens is 1. The number of piperidine rings is 1. The lowest BCUT2D eigenvalue weighted by Gasteiger charge is -2.31. The van der Waals surface area contributed by atoms with Crippen LogP contribution in [0.4, 0.5) is 5.69 Å². The number of amides is 2. The highest BCUT2D eigenvalue weighted by molar-refractivity contribution is 7.89. The van der Waals surface area contributed by atoms with Crippen LogP contribution in [0.15, 0.2) is 29.3 Å². The second-order valence-corrected chi connectivity index (χ2v) is 11.4. The number of benzene rings is 1. The molecule has 11 heteroatoms. The van der Waals surface area contributed by atoms with E-state index in [0.29, 0.717) is 63.4 Å². The van der Waals surface area contributed by atoms with Crippen molar-refractivity contribution >= 4 is 27.5 Å². The molecule has 1 aliphatic rings. The number of rotatable bonds is 12. The SMILES string of the molecule is CCCOc1ccc(S(=O)(=O)N2CCC(CCO)CC2)cc1C(=O)Nc1c(CCC)cn(C)c1C(N)=O. The Morgan fingerprint density at radius 3 is 2.49 bits per heavy atom. The number of ether oxygens (including phenoxy) is 1. The van der Waals surface area contributed by atoms with Gasteiger partial charge < -0.3 is 25.5 Å². The summed E-state index contributed by atoms with van der Waals surface area (Å²) < 4.78 is 35.6. The Bertz CT molecular complexity index is 1220. The van der Waals surface area contributed by atoms with Crippen LogP contribution < -0.4 is 15.8 Å². The van der Waals surface area contributed by atoms with Crippen LogP contribution in [0.2, 0.25) is 0 Å². The molecule has 0 saturated carbocycles. The molecule has 1 aliphatic heterocycles. The number of anilines is 1. The Morgan fingerprint density at radius 1 is 1.19 bits per heavy atom. The maximum atomic E-state index is 13.5. The van der Waals surface area contributed by atoms with E-state index in [1.54, 1.807) is 17.8 Å². The van der Waals surface area contributed by atoms with E-state index in [0.717, 1.165) is 12.0 Å². The first-order valence-corrected chi connectivity index (χ1v) is 14.2. The minimum absolute atomic E-state index is 0.000857. The lowest BCUT2D eigenvalue weighted by molar-refractivity contribution is 0.0993. The number of aliphatic hydroxyl groups excluding tert-OH is 1. The molecule has 2 heterocycles. The highest BCUT2D eigenvalue weighted by Gasteiger charge is 2.31. The standard InChI is InChI=1S/C26H38N4O6S/c1-4-6-19-17-29(3)24(25(27)32)23(19)28-26(33)21-16-20(7-8-22(21)36-15-5-2)37(34,35)30-12-9-18(10-13-30)11-14-31/h7-8,16-18,31H,4-6,9-15H2,1-3H3,(H2,27,32)(H,28,33). The summed E-state index contributed by atoms with van der Waals surface area (Å²) in [6.07, 6.45) is 5.89. The van der Waals surface area contributed by atoms with Crippen LogP contribution in [-0.4, -0.2) is 60.5 Å². The first-order chi connectivity index (χ1) is 17.6. The van der Waals surface area contributed by atoms with E-state index in [1.165, 1.54) is 22.5 Å². The zero-order valence-corrected chi connectivity index (χ0v) is 22.6. The number of carbonyl (C=O) groups excluding carboxylic acids is 2. The molecule has 10 nitrogen and oxygen atoms in total. The van der Waals surface area contributed by atoms with Crippen LogP contribution in [0, 0.1) is 5.92 Å². The Morgan fingerprint density at radius 2 is 1.89 bits per heavy atom. The van der Waals surface area contributed by atoms with Crippen molar-refractivity contribution in [3.63, 3.8) is 0 Å². The molecule has 37 heavy (non-hydrogen) atoms. The van der Waals surface area contributed by atoms with Crippen LogP contribution in [0.25, 0.3) is 0 Å². The number of carbonyl (C=O) groups is 2. The minimum atomic E-state index is -3.84. The second kappa shape index (κ2) is 12.6. The van der Waals surface area contributed by atoms with Crippen molar-refractivity contribution in [1.29, 1.82) is 0 Å². The molecule has 204 valence electrons. The maximum absolute atomic E-state index is 13.5. The zero-order valence-electron chi connectivity index (χ0n) is 21.8. The number of nitrogens with one attached hydrogen (secondary N) is 1. The average Bonchev–Trinajstić information content (AvgIpc) is 3.17. The summed E-state index contributed by atoms with van der Waals surface area (Å²) in [4.78, 5) is 25.7. The number of nitrogens with zero attached hydrogens (tertiary/aromatic N) is 2. The predicted octanol–water partition coefficient (Wildman–Crippen LogP) is 2.90. The topological polar surface area (TPSA) is 144 Å². The first-order valence-electron chi connectivity index (χ1n) is 12.8. The van der Waals surface area contributed by atoms with E-state index in [1.807, 2.05) is 13.8 Å². The smallest absolute Gasteiger partial charge is 0.267 e.